The summed E-state index contributed by atoms with van der Waals surface area (Å²) in [7, 11) is 0. The zero-order valence-electron chi connectivity index (χ0n) is 33.7. The van der Waals surface area contributed by atoms with Gasteiger partial charge in [-0.1, -0.05) is 137 Å². The molecule has 12 rings (SSSR count). The lowest BCUT2D eigenvalue weighted by Crippen LogP contribution is -2.18. The first-order valence-corrected chi connectivity index (χ1v) is 20.8. The lowest BCUT2D eigenvalue weighted by Gasteiger charge is -2.29. The quantitative estimate of drug-likeness (QED) is 0.167. The van der Waals surface area contributed by atoms with Crippen LogP contribution in [0.15, 0.2) is 188 Å². The number of nitrogens with zero attached hydrogens (tertiary/aromatic N) is 3. The second kappa shape index (κ2) is 12.2. The van der Waals surface area contributed by atoms with Crippen molar-refractivity contribution < 1.29 is 0 Å². The zero-order chi connectivity index (χ0) is 39.6. The van der Waals surface area contributed by atoms with Crippen LogP contribution in [-0.2, 0) is 10.8 Å². The van der Waals surface area contributed by atoms with Crippen molar-refractivity contribution in [1.29, 1.82) is 0 Å². The summed E-state index contributed by atoms with van der Waals surface area (Å²) in [4.78, 5) is 4.82. The van der Waals surface area contributed by atoms with Crippen LogP contribution in [0, 0.1) is 0 Å². The van der Waals surface area contributed by atoms with Crippen molar-refractivity contribution in [2.45, 2.75) is 38.5 Å². The van der Waals surface area contributed by atoms with Gasteiger partial charge in [0.1, 0.15) is 0 Å². The van der Waals surface area contributed by atoms with Crippen LogP contribution in [0.5, 0.6) is 0 Å². The molecule has 2 aliphatic rings. The standard InChI is InChI=1S/C56H43N3/c1-55(2)46-28-18-17-27-43(46)53-51(55)50-48(58(40-23-13-7-14-24-40)41-25-15-8-16-26-41)32-31-44-49-45-34-36-29-30-42(57(38-19-9-5-10-20-38)39-21-11-6-12-22-39)33-37(36)35-47(45)56(3,4)54(49)59(53)52(44)50/h5-35H,1-4H3. The van der Waals surface area contributed by atoms with Gasteiger partial charge < -0.3 is 14.2 Å². The summed E-state index contributed by atoms with van der Waals surface area (Å²) < 4.78 is 2.70. The van der Waals surface area contributed by atoms with E-state index in [1.807, 2.05) is 0 Å². The molecule has 0 saturated carbocycles. The van der Waals surface area contributed by atoms with Crippen molar-refractivity contribution in [3.8, 4) is 22.4 Å². The van der Waals surface area contributed by atoms with Gasteiger partial charge in [-0.25, -0.2) is 0 Å². The number of benzene rings is 8. The highest BCUT2D eigenvalue weighted by Crippen LogP contribution is 2.62. The SMILES string of the molecule is CC1(C)c2ccccc2-c2c1c1c(N(c3ccccc3)c3ccccc3)ccc3c4c(n2c31)C(C)(C)c1cc2cc(N(c3ccccc3)c3ccccc3)ccc2cc1-4. The highest BCUT2D eigenvalue weighted by atomic mass is 15.2. The van der Waals surface area contributed by atoms with E-state index in [1.54, 1.807) is 0 Å². The molecule has 10 aromatic rings. The fourth-order valence-electron chi connectivity index (χ4n) is 10.8. The van der Waals surface area contributed by atoms with Crippen molar-refractivity contribution in [3.63, 3.8) is 0 Å². The van der Waals surface area contributed by atoms with E-state index in [4.69, 9.17) is 0 Å². The van der Waals surface area contributed by atoms with Crippen LogP contribution >= 0.6 is 0 Å². The Morgan fingerprint density at radius 2 is 0.983 bits per heavy atom. The van der Waals surface area contributed by atoms with Crippen molar-refractivity contribution in [3.05, 3.63) is 210 Å². The third-order valence-corrected chi connectivity index (χ3v) is 13.4. The van der Waals surface area contributed by atoms with E-state index in [0.717, 1.165) is 28.4 Å². The Balaban J connectivity index is 1.13. The Kier molecular flexibility index (Phi) is 7.03. The van der Waals surface area contributed by atoms with Crippen molar-refractivity contribution >= 4 is 61.2 Å². The predicted molar refractivity (Wildman–Crippen MR) is 248 cm³/mol. The van der Waals surface area contributed by atoms with Crippen LogP contribution in [-0.4, -0.2) is 4.40 Å². The summed E-state index contributed by atoms with van der Waals surface area (Å²) >= 11 is 0. The van der Waals surface area contributed by atoms with Crippen molar-refractivity contribution in [2.24, 2.45) is 0 Å². The fourth-order valence-corrected chi connectivity index (χ4v) is 10.8. The molecule has 2 aromatic heterocycles. The number of aromatic nitrogens is 1. The molecule has 0 radical (unpaired) electrons. The summed E-state index contributed by atoms with van der Waals surface area (Å²) in [6.07, 6.45) is 0. The molecular weight excluding hydrogens is 715 g/mol. The van der Waals surface area contributed by atoms with Crippen LogP contribution < -0.4 is 9.80 Å². The van der Waals surface area contributed by atoms with E-state index in [0.29, 0.717) is 0 Å². The number of anilines is 6. The molecule has 0 N–H and O–H groups in total. The van der Waals surface area contributed by atoms with Crippen LogP contribution in [0.3, 0.4) is 0 Å². The molecule has 2 aliphatic carbocycles. The summed E-state index contributed by atoms with van der Waals surface area (Å²) in [6, 6.07) is 69.0. The molecule has 0 unspecified atom stereocenters. The number of hydrogen-bond donors (Lipinski definition) is 0. The Hall–Kier alpha value is -7.10. The minimum absolute atomic E-state index is 0.204. The molecule has 2 heterocycles. The second-order valence-corrected chi connectivity index (χ2v) is 17.4. The first-order chi connectivity index (χ1) is 28.8. The van der Waals surface area contributed by atoms with E-state index >= 15 is 0 Å². The molecule has 282 valence electrons. The third kappa shape index (κ3) is 4.64. The predicted octanol–water partition coefficient (Wildman–Crippen LogP) is 15.2. The molecule has 0 atom stereocenters. The van der Waals surface area contributed by atoms with Gasteiger partial charge in [0.05, 0.1) is 16.9 Å². The smallest absolute Gasteiger partial charge is 0.0636 e. The maximum absolute atomic E-state index is 2.70. The minimum Gasteiger partial charge on any atom is -0.310 e. The molecule has 0 bridgehead atoms. The molecule has 3 heteroatoms. The van der Waals surface area contributed by atoms with Gasteiger partial charge in [0.25, 0.3) is 0 Å². The molecular formula is C56H43N3. The fraction of sp³-hybridized carbons (Fsp3) is 0.107. The van der Waals surface area contributed by atoms with Gasteiger partial charge in [0, 0.05) is 66.9 Å². The van der Waals surface area contributed by atoms with Gasteiger partial charge >= 0.3 is 0 Å². The Labute approximate surface area is 345 Å². The van der Waals surface area contributed by atoms with Gasteiger partial charge in [-0.05, 0) is 112 Å². The normalized spacial score (nSPS) is 14.4. The summed E-state index contributed by atoms with van der Waals surface area (Å²) in [5.41, 5.74) is 18.7. The lowest BCUT2D eigenvalue weighted by molar-refractivity contribution is 0.631. The van der Waals surface area contributed by atoms with Crippen molar-refractivity contribution in [1.82, 2.24) is 4.40 Å². The largest absolute Gasteiger partial charge is 0.310 e. The summed E-state index contributed by atoms with van der Waals surface area (Å²) in [5.74, 6) is 0. The summed E-state index contributed by atoms with van der Waals surface area (Å²) in [6.45, 7) is 9.75. The minimum atomic E-state index is -0.271. The van der Waals surface area contributed by atoms with Crippen LogP contribution in [0.2, 0.25) is 0 Å². The molecule has 0 spiro atoms. The van der Waals surface area contributed by atoms with Gasteiger partial charge in [-0.3, -0.25) is 0 Å². The van der Waals surface area contributed by atoms with Crippen molar-refractivity contribution in [2.75, 3.05) is 9.80 Å². The van der Waals surface area contributed by atoms with E-state index in [-0.39, 0.29) is 10.8 Å². The number of hydrogen-bond acceptors (Lipinski definition) is 2. The maximum Gasteiger partial charge on any atom is 0.0636 e. The van der Waals surface area contributed by atoms with Gasteiger partial charge in [-0.15, -0.1) is 0 Å². The molecule has 8 aromatic carbocycles. The number of fused-ring (bicyclic) bond motifs is 11. The van der Waals surface area contributed by atoms with Crippen LogP contribution in [0.4, 0.5) is 34.1 Å². The average molecular weight is 758 g/mol. The molecule has 59 heavy (non-hydrogen) atoms. The third-order valence-electron chi connectivity index (χ3n) is 13.4. The first kappa shape index (κ1) is 34.0. The molecule has 0 fully saturated rings. The van der Waals surface area contributed by atoms with E-state index in [2.05, 4.69) is 230 Å². The highest BCUT2D eigenvalue weighted by molar-refractivity contribution is 6.19. The van der Waals surface area contributed by atoms with Gasteiger partial charge in [0.2, 0.25) is 0 Å². The van der Waals surface area contributed by atoms with Crippen LogP contribution in [0.1, 0.15) is 50.1 Å². The molecule has 0 amide bonds. The average Bonchev–Trinajstić information content (AvgIpc) is 3.94. The lowest BCUT2D eigenvalue weighted by atomic mass is 9.81. The Morgan fingerprint density at radius 1 is 0.424 bits per heavy atom. The second-order valence-electron chi connectivity index (χ2n) is 17.4. The highest BCUT2D eigenvalue weighted by Gasteiger charge is 2.47. The van der Waals surface area contributed by atoms with E-state index < -0.39 is 0 Å². The molecule has 3 nitrogen and oxygen atoms in total. The van der Waals surface area contributed by atoms with Crippen LogP contribution in [0.25, 0.3) is 49.4 Å². The first-order valence-electron chi connectivity index (χ1n) is 20.8. The monoisotopic (exact) mass is 757 g/mol. The molecule has 0 aliphatic heterocycles. The van der Waals surface area contributed by atoms with Gasteiger partial charge in [-0.2, -0.15) is 0 Å². The summed E-state index contributed by atoms with van der Waals surface area (Å²) in [5, 5.41) is 5.16. The Morgan fingerprint density at radius 3 is 1.59 bits per heavy atom. The van der Waals surface area contributed by atoms with E-state index in [1.165, 1.54) is 77.5 Å². The molecule has 0 saturated heterocycles. The number of rotatable bonds is 6. The van der Waals surface area contributed by atoms with E-state index in [9.17, 15) is 0 Å². The Bertz CT molecular complexity index is 3170. The number of para-hydroxylation sites is 4. The topological polar surface area (TPSA) is 10.9 Å². The van der Waals surface area contributed by atoms with Gasteiger partial charge in [0.15, 0.2) is 0 Å². The zero-order valence-corrected chi connectivity index (χ0v) is 33.7. The maximum atomic E-state index is 2.70.